The smallest absolute Gasteiger partial charge is 0.402 e. The van der Waals surface area contributed by atoms with Gasteiger partial charge in [0.2, 0.25) is 0 Å². The van der Waals surface area contributed by atoms with Crippen molar-refractivity contribution in [2.75, 3.05) is 6.54 Å². The standard InChI is InChI=1S/C10H9F3N2OS/c11-10(12,13)8(5-14)17-9-15-6-3-1-2-4-7(6)16-9/h1-4,8H,5,14H2. The van der Waals surface area contributed by atoms with Gasteiger partial charge in [-0.1, -0.05) is 23.9 Å². The maximum absolute atomic E-state index is 12.5. The second kappa shape index (κ2) is 4.58. The summed E-state index contributed by atoms with van der Waals surface area (Å²) >= 11 is 0.494. The Kier molecular flexibility index (Phi) is 3.30. The Morgan fingerprint density at radius 3 is 2.65 bits per heavy atom. The number of nitrogens with zero attached hydrogens (tertiary/aromatic N) is 1. The van der Waals surface area contributed by atoms with E-state index in [0.717, 1.165) is 0 Å². The van der Waals surface area contributed by atoms with Crippen LogP contribution in [0, 0.1) is 0 Å². The monoisotopic (exact) mass is 262 g/mol. The summed E-state index contributed by atoms with van der Waals surface area (Å²) in [6, 6.07) is 6.79. The second-order valence-electron chi connectivity index (χ2n) is 3.33. The predicted octanol–water partition coefficient (Wildman–Crippen LogP) is 2.81. The lowest BCUT2D eigenvalue weighted by molar-refractivity contribution is -0.126. The van der Waals surface area contributed by atoms with Gasteiger partial charge in [0, 0.05) is 6.54 Å². The number of para-hydroxylation sites is 2. The number of hydrogen-bond acceptors (Lipinski definition) is 4. The van der Waals surface area contributed by atoms with Gasteiger partial charge in [0.15, 0.2) is 5.58 Å². The van der Waals surface area contributed by atoms with Crippen LogP contribution in [-0.2, 0) is 0 Å². The molecule has 0 spiro atoms. The first-order chi connectivity index (χ1) is 8.00. The summed E-state index contributed by atoms with van der Waals surface area (Å²) in [5.41, 5.74) is 6.09. The molecule has 0 aliphatic heterocycles. The number of nitrogens with two attached hydrogens (primary N) is 1. The summed E-state index contributed by atoms with van der Waals surface area (Å²) in [5.74, 6) is 0. The number of alkyl halides is 3. The van der Waals surface area contributed by atoms with Gasteiger partial charge in [0.25, 0.3) is 5.22 Å². The van der Waals surface area contributed by atoms with E-state index in [1.165, 1.54) is 0 Å². The van der Waals surface area contributed by atoms with Crippen LogP contribution in [0.4, 0.5) is 13.2 Å². The molecule has 1 aromatic carbocycles. The van der Waals surface area contributed by atoms with Crippen LogP contribution in [0.2, 0.25) is 0 Å². The lowest BCUT2D eigenvalue weighted by Crippen LogP contribution is -2.32. The molecule has 2 N–H and O–H groups in total. The van der Waals surface area contributed by atoms with E-state index in [4.69, 9.17) is 10.2 Å². The highest BCUT2D eigenvalue weighted by Crippen LogP contribution is 2.35. The molecule has 0 radical (unpaired) electrons. The lowest BCUT2D eigenvalue weighted by Gasteiger charge is -2.15. The third-order valence-corrected chi connectivity index (χ3v) is 3.22. The Morgan fingerprint density at radius 2 is 2.06 bits per heavy atom. The van der Waals surface area contributed by atoms with Gasteiger partial charge in [0.05, 0.1) is 0 Å². The van der Waals surface area contributed by atoms with E-state index in [0.29, 0.717) is 22.9 Å². The molecule has 7 heteroatoms. The molecule has 1 heterocycles. The highest BCUT2D eigenvalue weighted by Gasteiger charge is 2.40. The summed E-state index contributed by atoms with van der Waals surface area (Å²) in [4.78, 5) is 3.95. The minimum Gasteiger partial charge on any atom is -0.431 e. The molecule has 3 nitrogen and oxygen atoms in total. The van der Waals surface area contributed by atoms with Crippen LogP contribution < -0.4 is 5.73 Å². The molecule has 0 aliphatic carbocycles. The van der Waals surface area contributed by atoms with E-state index < -0.39 is 18.0 Å². The van der Waals surface area contributed by atoms with E-state index in [2.05, 4.69) is 4.98 Å². The number of rotatable bonds is 3. The van der Waals surface area contributed by atoms with Crippen molar-refractivity contribution in [2.24, 2.45) is 5.73 Å². The van der Waals surface area contributed by atoms with E-state index >= 15 is 0 Å². The second-order valence-corrected chi connectivity index (χ2v) is 4.49. The van der Waals surface area contributed by atoms with Crippen LogP contribution in [0.3, 0.4) is 0 Å². The van der Waals surface area contributed by atoms with E-state index in [9.17, 15) is 13.2 Å². The van der Waals surface area contributed by atoms with Crippen molar-refractivity contribution in [2.45, 2.75) is 16.6 Å². The number of halogens is 3. The third-order valence-electron chi connectivity index (χ3n) is 2.10. The van der Waals surface area contributed by atoms with Gasteiger partial charge in [-0.05, 0) is 12.1 Å². The van der Waals surface area contributed by atoms with Gasteiger partial charge < -0.3 is 10.2 Å². The number of oxazole rings is 1. The Hall–Kier alpha value is -1.21. The van der Waals surface area contributed by atoms with Crippen molar-refractivity contribution in [3.63, 3.8) is 0 Å². The average molecular weight is 262 g/mol. The highest BCUT2D eigenvalue weighted by atomic mass is 32.2. The number of fused-ring (bicyclic) bond motifs is 1. The number of hydrogen-bond donors (Lipinski definition) is 1. The van der Waals surface area contributed by atoms with Crippen molar-refractivity contribution in [3.05, 3.63) is 24.3 Å². The maximum atomic E-state index is 12.5. The molecular formula is C10H9F3N2OS. The quantitative estimate of drug-likeness (QED) is 0.864. The van der Waals surface area contributed by atoms with E-state index in [1.807, 2.05) is 0 Å². The van der Waals surface area contributed by atoms with E-state index in [-0.39, 0.29) is 5.22 Å². The zero-order valence-corrected chi connectivity index (χ0v) is 9.39. The Labute approximate surface area is 99.2 Å². The molecule has 0 saturated heterocycles. The zero-order chi connectivity index (χ0) is 12.5. The number of benzene rings is 1. The van der Waals surface area contributed by atoms with Gasteiger partial charge in [0.1, 0.15) is 10.8 Å². The van der Waals surface area contributed by atoms with Gasteiger partial charge in [-0.3, -0.25) is 0 Å². The topological polar surface area (TPSA) is 52.0 Å². The Bertz CT molecular complexity index is 478. The fourth-order valence-corrected chi connectivity index (χ4v) is 2.03. The molecule has 17 heavy (non-hydrogen) atoms. The molecule has 0 fully saturated rings. The molecule has 0 bridgehead atoms. The van der Waals surface area contributed by atoms with Crippen molar-refractivity contribution in [3.8, 4) is 0 Å². The summed E-state index contributed by atoms with van der Waals surface area (Å²) in [7, 11) is 0. The number of aromatic nitrogens is 1. The van der Waals surface area contributed by atoms with Crippen LogP contribution in [0.25, 0.3) is 11.1 Å². The fraction of sp³-hybridized carbons (Fsp3) is 0.300. The lowest BCUT2D eigenvalue weighted by atomic mass is 10.3. The first-order valence-corrected chi connectivity index (χ1v) is 5.67. The molecule has 2 rings (SSSR count). The van der Waals surface area contributed by atoms with Crippen LogP contribution in [0.1, 0.15) is 0 Å². The molecule has 1 unspecified atom stereocenters. The van der Waals surface area contributed by atoms with Crippen molar-refractivity contribution >= 4 is 22.9 Å². The minimum atomic E-state index is -4.36. The number of thioether (sulfide) groups is 1. The van der Waals surface area contributed by atoms with Gasteiger partial charge in [-0.25, -0.2) is 4.98 Å². The van der Waals surface area contributed by atoms with Crippen LogP contribution in [0.15, 0.2) is 33.9 Å². The van der Waals surface area contributed by atoms with Gasteiger partial charge in [-0.2, -0.15) is 13.2 Å². The van der Waals surface area contributed by atoms with Crippen LogP contribution >= 0.6 is 11.8 Å². The molecule has 0 aliphatic rings. The Morgan fingerprint density at radius 1 is 1.35 bits per heavy atom. The molecule has 0 amide bonds. The van der Waals surface area contributed by atoms with E-state index in [1.54, 1.807) is 24.3 Å². The third kappa shape index (κ3) is 2.73. The first-order valence-electron chi connectivity index (χ1n) is 4.79. The zero-order valence-electron chi connectivity index (χ0n) is 8.57. The van der Waals surface area contributed by atoms with Gasteiger partial charge in [-0.15, -0.1) is 0 Å². The fourth-order valence-electron chi connectivity index (χ4n) is 1.27. The summed E-state index contributed by atoms with van der Waals surface area (Å²) in [5, 5.41) is -1.71. The Balaban J connectivity index is 2.23. The molecule has 0 saturated carbocycles. The molecule has 92 valence electrons. The SMILES string of the molecule is NCC(Sc1nc2ccccc2o1)C(F)(F)F. The predicted molar refractivity (Wildman–Crippen MR) is 58.8 cm³/mol. The molecular weight excluding hydrogens is 253 g/mol. The molecule has 1 aromatic heterocycles. The maximum Gasteiger partial charge on any atom is 0.402 e. The summed E-state index contributed by atoms with van der Waals surface area (Å²) in [6.07, 6.45) is -4.36. The highest BCUT2D eigenvalue weighted by molar-refractivity contribution is 7.99. The summed E-state index contributed by atoms with van der Waals surface area (Å²) < 4.78 is 42.7. The largest absolute Gasteiger partial charge is 0.431 e. The average Bonchev–Trinajstić information content (AvgIpc) is 2.66. The summed E-state index contributed by atoms with van der Waals surface area (Å²) in [6.45, 7) is -0.507. The molecule has 1 atom stereocenters. The van der Waals surface area contributed by atoms with Crippen molar-refractivity contribution < 1.29 is 17.6 Å². The van der Waals surface area contributed by atoms with Crippen molar-refractivity contribution in [1.29, 1.82) is 0 Å². The van der Waals surface area contributed by atoms with Crippen molar-refractivity contribution in [1.82, 2.24) is 4.98 Å². The van der Waals surface area contributed by atoms with Crippen LogP contribution in [0.5, 0.6) is 0 Å². The van der Waals surface area contributed by atoms with Crippen LogP contribution in [-0.4, -0.2) is 23.0 Å². The van der Waals surface area contributed by atoms with Gasteiger partial charge >= 0.3 is 6.18 Å². The normalized spacial score (nSPS) is 14.1. The molecule has 2 aromatic rings. The minimum absolute atomic E-state index is 0.0148. The first kappa shape index (κ1) is 12.3.